The van der Waals surface area contributed by atoms with E-state index in [9.17, 15) is 20.1 Å². The van der Waals surface area contributed by atoms with Gasteiger partial charge in [-0.1, -0.05) is 85.8 Å². The highest BCUT2D eigenvalue weighted by atomic mass is 16.7. The monoisotopic (exact) mass is 611 g/mol. The molecule has 1 saturated heterocycles. The molecule has 0 radical (unpaired) electrons. The Bertz CT molecular complexity index is 1520. The summed E-state index contributed by atoms with van der Waals surface area (Å²) in [6, 6.07) is 31.2. The van der Waals surface area contributed by atoms with Gasteiger partial charge < -0.3 is 40.3 Å². The van der Waals surface area contributed by atoms with Crippen LogP contribution in [0.5, 0.6) is 5.75 Å². The summed E-state index contributed by atoms with van der Waals surface area (Å²) in [6.45, 7) is 3.36. The number of amides is 2. The van der Waals surface area contributed by atoms with Crippen molar-refractivity contribution in [2.75, 3.05) is 25.5 Å². The normalized spacial score (nSPS) is 20.5. The highest BCUT2D eigenvalue weighted by Gasteiger charge is 2.39. The number of carbonyl (C=O) groups excluding carboxylic acids is 1. The second kappa shape index (κ2) is 15.2. The van der Waals surface area contributed by atoms with Gasteiger partial charge in [-0.2, -0.15) is 0 Å². The second-order valence-corrected chi connectivity index (χ2v) is 11.6. The third-order valence-corrected chi connectivity index (χ3v) is 8.09. The molecule has 2 amide bonds. The Morgan fingerprint density at radius 1 is 0.889 bits per heavy atom. The van der Waals surface area contributed by atoms with Crippen LogP contribution in [0, 0.1) is 5.92 Å². The number of nitrogens with zero attached hydrogens (tertiary/aromatic N) is 1. The summed E-state index contributed by atoms with van der Waals surface area (Å²) in [5, 5.41) is 35.9. The van der Waals surface area contributed by atoms with Gasteiger partial charge in [0.25, 0.3) is 0 Å². The molecule has 9 heteroatoms. The van der Waals surface area contributed by atoms with E-state index in [0.29, 0.717) is 30.9 Å². The first-order valence-electron chi connectivity index (χ1n) is 15.1. The Morgan fingerprint density at radius 3 is 2.29 bits per heavy atom. The maximum atomic E-state index is 12.5. The topological polar surface area (TPSA) is 124 Å². The maximum Gasteiger partial charge on any atom is 0.319 e. The average Bonchev–Trinajstić information content (AvgIpc) is 3.05. The number of phenolic OH excluding ortho intramolecular Hbond substituents is 1. The van der Waals surface area contributed by atoms with Crippen LogP contribution >= 0.6 is 0 Å². The molecule has 4 aromatic carbocycles. The van der Waals surface area contributed by atoms with Crippen LogP contribution in [-0.2, 0) is 22.6 Å². The van der Waals surface area contributed by atoms with E-state index in [4.69, 9.17) is 9.47 Å². The van der Waals surface area contributed by atoms with E-state index >= 15 is 0 Å². The number of aliphatic hydroxyl groups excluding tert-OH is 2. The van der Waals surface area contributed by atoms with Gasteiger partial charge in [-0.3, -0.25) is 0 Å². The number of urea groups is 1. The zero-order chi connectivity index (χ0) is 31.8. The zero-order valence-corrected chi connectivity index (χ0v) is 25.5. The largest absolute Gasteiger partial charge is 0.508 e. The smallest absolute Gasteiger partial charge is 0.319 e. The van der Waals surface area contributed by atoms with Crippen molar-refractivity contribution in [2.45, 2.75) is 44.7 Å². The van der Waals surface area contributed by atoms with Gasteiger partial charge in [-0.05, 0) is 53.6 Å². The quantitative estimate of drug-likeness (QED) is 0.148. The van der Waals surface area contributed by atoms with E-state index in [1.54, 1.807) is 24.3 Å². The van der Waals surface area contributed by atoms with Crippen LogP contribution in [0.25, 0.3) is 0 Å². The standard InChI is InChI=1S/C36H41N3O6/c1-24-33(22-39(2)21-32(42)29-9-6-10-31(41)19-29)44-35(45-34(24)27-13-11-26(23-40)12-14-27)28-15-17-30(18-16-28)38-36(43)37-20-25-7-4-3-5-8-25/h3-19,24,32-35,40-42H,20-23H2,1-2H3,(H2,37,38,43)/t24-,32+,33+,34+,35+/m0/s1. The highest BCUT2D eigenvalue weighted by Crippen LogP contribution is 2.42. The number of aliphatic hydroxyl groups is 2. The van der Waals surface area contributed by atoms with Crippen molar-refractivity contribution in [1.29, 1.82) is 0 Å². The highest BCUT2D eigenvalue weighted by molar-refractivity contribution is 5.89. The van der Waals surface area contributed by atoms with Gasteiger partial charge in [0.1, 0.15) is 5.75 Å². The summed E-state index contributed by atoms with van der Waals surface area (Å²) in [6.07, 6.45) is -1.97. The molecule has 0 bridgehead atoms. The van der Waals surface area contributed by atoms with E-state index in [1.165, 1.54) is 0 Å². The van der Waals surface area contributed by atoms with Crippen molar-refractivity contribution in [3.05, 3.63) is 131 Å². The molecule has 1 aliphatic heterocycles. The Labute approximate surface area is 264 Å². The molecule has 0 saturated carbocycles. The lowest BCUT2D eigenvalue weighted by Crippen LogP contribution is -2.44. The number of phenols is 1. The molecular formula is C36H41N3O6. The molecule has 0 unspecified atom stereocenters. The Morgan fingerprint density at radius 2 is 1.60 bits per heavy atom. The molecule has 0 aromatic heterocycles. The van der Waals surface area contributed by atoms with Crippen LogP contribution in [0.3, 0.4) is 0 Å². The molecule has 5 atom stereocenters. The molecule has 5 N–H and O–H groups in total. The van der Waals surface area contributed by atoms with Crippen LogP contribution < -0.4 is 10.6 Å². The van der Waals surface area contributed by atoms with Gasteiger partial charge in [-0.15, -0.1) is 0 Å². The van der Waals surface area contributed by atoms with E-state index in [0.717, 1.165) is 22.3 Å². The number of likely N-dealkylation sites (N-methyl/N-ethyl adjacent to an activating group) is 1. The lowest BCUT2D eigenvalue weighted by Gasteiger charge is -2.42. The van der Waals surface area contributed by atoms with E-state index in [1.807, 2.05) is 90.8 Å². The number of hydrogen-bond donors (Lipinski definition) is 5. The van der Waals surface area contributed by atoms with Gasteiger partial charge >= 0.3 is 6.03 Å². The van der Waals surface area contributed by atoms with Gasteiger partial charge in [0.15, 0.2) is 6.29 Å². The molecule has 236 valence electrons. The predicted octanol–water partition coefficient (Wildman–Crippen LogP) is 5.66. The first-order valence-corrected chi connectivity index (χ1v) is 15.1. The SMILES string of the molecule is C[C@H]1[C@@H](CN(C)C[C@@H](O)c2cccc(O)c2)O[C@@H](c2ccc(NC(=O)NCc3ccccc3)cc2)O[C@H]1c1ccc(CO)cc1. The number of aromatic hydroxyl groups is 1. The van der Waals surface area contributed by atoms with E-state index in [2.05, 4.69) is 17.6 Å². The molecule has 1 aliphatic rings. The minimum absolute atomic E-state index is 0.0316. The summed E-state index contributed by atoms with van der Waals surface area (Å²) >= 11 is 0. The molecule has 0 aliphatic carbocycles. The van der Waals surface area contributed by atoms with Gasteiger partial charge in [0, 0.05) is 36.8 Å². The third-order valence-electron chi connectivity index (χ3n) is 8.09. The van der Waals surface area contributed by atoms with Gasteiger partial charge in [0.2, 0.25) is 0 Å². The van der Waals surface area contributed by atoms with Crippen LogP contribution in [0.2, 0.25) is 0 Å². The van der Waals surface area contributed by atoms with Crippen molar-refractivity contribution in [1.82, 2.24) is 10.2 Å². The van der Waals surface area contributed by atoms with Crippen molar-refractivity contribution >= 4 is 11.7 Å². The van der Waals surface area contributed by atoms with E-state index < -0.39 is 12.4 Å². The van der Waals surface area contributed by atoms with E-state index in [-0.39, 0.29) is 36.5 Å². The number of benzene rings is 4. The first kappa shape index (κ1) is 32.2. The third kappa shape index (κ3) is 8.69. The van der Waals surface area contributed by atoms with Crippen LogP contribution in [0.15, 0.2) is 103 Å². The fraction of sp³-hybridized carbons (Fsp3) is 0.306. The number of ether oxygens (including phenoxy) is 2. The molecule has 5 rings (SSSR count). The average molecular weight is 612 g/mol. The number of nitrogens with one attached hydrogen (secondary N) is 2. The molecule has 1 heterocycles. The summed E-state index contributed by atoms with van der Waals surface area (Å²) in [5.74, 6) is 0.0818. The Kier molecular flexibility index (Phi) is 10.8. The lowest BCUT2D eigenvalue weighted by atomic mass is 9.90. The van der Waals surface area contributed by atoms with Gasteiger partial charge in [0.05, 0.1) is 24.9 Å². The minimum atomic E-state index is -0.778. The van der Waals surface area contributed by atoms with Crippen LogP contribution in [-0.4, -0.2) is 52.5 Å². The number of rotatable bonds is 11. The summed E-state index contributed by atoms with van der Waals surface area (Å²) in [7, 11) is 1.93. The van der Waals surface area contributed by atoms with Crippen molar-refractivity contribution in [3.8, 4) is 5.75 Å². The van der Waals surface area contributed by atoms with Crippen molar-refractivity contribution in [3.63, 3.8) is 0 Å². The second-order valence-electron chi connectivity index (χ2n) is 11.6. The molecule has 9 nitrogen and oxygen atoms in total. The summed E-state index contributed by atoms with van der Waals surface area (Å²) in [5.41, 5.74) is 4.91. The first-order chi connectivity index (χ1) is 21.8. The fourth-order valence-corrected chi connectivity index (χ4v) is 5.52. The molecule has 4 aromatic rings. The van der Waals surface area contributed by atoms with Crippen molar-refractivity contribution in [2.24, 2.45) is 5.92 Å². The molecular weight excluding hydrogens is 570 g/mol. The zero-order valence-electron chi connectivity index (χ0n) is 25.5. The number of hydrogen-bond acceptors (Lipinski definition) is 7. The maximum absolute atomic E-state index is 12.5. The Balaban J connectivity index is 1.28. The molecule has 1 fully saturated rings. The number of carbonyl (C=O) groups is 1. The van der Waals surface area contributed by atoms with Gasteiger partial charge in [-0.25, -0.2) is 4.79 Å². The summed E-state index contributed by atoms with van der Waals surface area (Å²) in [4.78, 5) is 14.5. The minimum Gasteiger partial charge on any atom is -0.508 e. The van der Waals surface area contributed by atoms with Crippen molar-refractivity contribution < 1.29 is 29.6 Å². The molecule has 45 heavy (non-hydrogen) atoms. The predicted molar refractivity (Wildman–Crippen MR) is 172 cm³/mol. The van der Waals surface area contributed by atoms with Crippen LogP contribution in [0.4, 0.5) is 10.5 Å². The lowest BCUT2D eigenvalue weighted by molar-refractivity contribution is -0.276. The molecule has 0 spiro atoms. The fourth-order valence-electron chi connectivity index (χ4n) is 5.52. The number of anilines is 1. The Hall–Kier alpha value is -4.25. The summed E-state index contributed by atoms with van der Waals surface area (Å²) < 4.78 is 13.1. The van der Waals surface area contributed by atoms with Crippen LogP contribution in [0.1, 0.15) is 53.2 Å².